The fraction of sp³-hybridized carbons (Fsp3) is 0.316. The molecule has 0 aromatic heterocycles. The van der Waals surface area contributed by atoms with Gasteiger partial charge in [0.15, 0.2) is 0 Å². The van der Waals surface area contributed by atoms with Crippen LogP contribution in [0.15, 0.2) is 109 Å². The molecule has 0 bridgehead atoms. The summed E-state index contributed by atoms with van der Waals surface area (Å²) in [4.78, 5) is 0. The second-order valence-corrected chi connectivity index (χ2v) is 13.9. The standard InChI is InChI=1S/C38H42B2O4/c1-35(2)36(3,4)42-39(41-35)31-23-19-29(20-24-31)33(27-15-11-9-12-16-27)34(28-17-13-10-14-18-28)30-21-25-32(26-22-30)40-43-37(5,6)38(7,8)44-40/h9-26H,1-8H3. The summed E-state index contributed by atoms with van der Waals surface area (Å²) in [6, 6.07) is 38.5. The molecule has 0 N–H and O–H groups in total. The Hall–Kier alpha value is -3.41. The average Bonchev–Trinajstić information content (AvgIpc) is 3.36. The summed E-state index contributed by atoms with van der Waals surface area (Å²) in [5, 5.41) is 0. The van der Waals surface area contributed by atoms with E-state index in [1.54, 1.807) is 0 Å². The number of hydrogen-bond donors (Lipinski definition) is 0. The van der Waals surface area contributed by atoms with Crippen LogP contribution in [0.25, 0.3) is 11.1 Å². The molecule has 4 aromatic rings. The highest BCUT2D eigenvalue weighted by atomic mass is 16.7. The lowest BCUT2D eigenvalue weighted by molar-refractivity contribution is 0.00578. The SMILES string of the molecule is CC1(C)OB(c2ccc(C(=C(c3ccccc3)c3ccc(B4OC(C)(C)C(C)(C)O4)cc3)c3ccccc3)cc2)OC1(C)C. The van der Waals surface area contributed by atoms with E-state index in [9.17, 15) is 0 Å². The molecule has 0 saturated carbocycles. The molecule has 44 heavy (non-hydrogen) atoms. The third kappa shape index (κ3) is 5.61. The Kier molecular flexibility index (Phi) is 7.78. The maximum atomic E-state index is 6.35. The highest BCUT2D eigenvalue weighted by molar-refractivity contribution is 6.62. The van der Waals surface area contributed by atoms with Crippen molar-refractivity contribution in [1.82, 2.24) is 0 Å². The Morgan fingerprint density at radius 2 is 0.614 bits per heavy atom. The molecule has 0 unspecified atom stereocenters. The molecule has 0 radical (unpaired) electrons. The van der Waals surface area contributed by atoms with Gasteiger partial charge in [0.25, 0.3) is 0 Å². The van der Waals surface area contributed by atoms with Crippen LogP contribution in [0.3, 0.4) is 0 Å². The maximum absolute atomic E-state index is 6.35. The lowest BCUT2D eigenvalue weighted by Gasteiger charge is -2.32. The Labute approximate surface area is 263 Å². The van der Waals surface area contributed by atoms with E-state index in [4.69, 9.17) is 18.6 Å². The fourth-order valence-corrected chi connectivity index (χ4v) is 5.69. The molecular formula is C38H42B2O4. The molecule has 2 heterocycles. The van der Waals surface area contributed by atoms with Crippen molar-refractivity contribution in [2.24, 2.45) is 0 Å². The number of rotatable bonds is 6. The van der Waals surface area contributed by atoms with Crippen LogP contribution in [0, 0.1) is 0 Å². The van der Waals surface area contributed by atoms with Crippen LogP contribution in [0.5, 0.6) is 0 Å². The van der Waals surface area contributed by atoms with Gasteiger partial charge in [0.1, 0.15) is 0 Å². The van der Waals surface area contributed by atoms with E-state index in [2.05, 4.69) is 165 Å². The number of hydrogen-bond acceptors (Lipinski definition) is 4. The average molecular weight is 584 g/mol. The summed E-state index contributed by atoms with van der Waals surface area (Å²) >= 11 is 0. The number of benzene rings is 4. The van der Waals surface area contributed by atoms with Crippen molar-refractivity contribution in [3.05, 3.63) is 131 Å². The second kappa shape index (κ2) is 11.2. The zero-order chi connectivity index (χ0) is 31.3. The molecule has 0 amide bonds. The maximum Gasteiger partial charge on any atom is 0.494 e. The van der Waals surface area contributed by atoms with Gasteiger partial charge in [-0.25, -0.2) is 0 Å². The van der Waals surface area contributed by atoms with Crippen LogP contribution in [-0.2, 0) is 18.6 Å². The first kappa shape index (κ1) is 30.6. The van der Waals surface area contributed by atoms with Crippen LogP contribution in [0.2, 0.25) is 0 Å². The summed E-state index contributed by atoms with van der Waals surface area (Å²) in [6.45, 7) is 16.7. The van der Waals surface area contributed by atoms with Crippen LogP contribution in [0.1, 0.15) is 77.6 Å². The molecule has 6 heteroatoms. The van der Waals surface area contributed by atoms with Gasteiger partial charge in [-0.15, -0.1) is 0 Å². The van der Waals surface area contributed by atoms with Crippen LogP contribution < -0.4 is 10.9 Å². The minimum atomic E-state index is -0.408. The summed E-state index contributed by atoms with van der Waals surface area (Å²) in [5.74, 6) is 0. The fourth-order valence-electron chi connectivity index (χ4n) is 5.69. The molecule has 0 aliphatic carbocycles. The topological polar surface area (TPSA) is 36.9 Å². The first-order valence-electron chi connectivity index (χ1n) is 15.6. The molecule has 4 aromatic carbocycles. The molecule has 2 aliphatic heterocycles. The van der Waals surface area contributed by atoms with Gasteiger partial charge in [-0.05, 0) is 99.7 Å². The van der Waals surface area contributed by atoms with Crippen molar-refractivity contribution in [2.75, 3.05) is 0 Å². The molecule has 0 atom stereocenters. The minimum absolute atomic E-state index is 0.391. The summed E-state index contributed by atoms with van der Waals surface area (Å²) < 4.78 is 25.4. The molecule has 4 nitrogen and oxygen atoms in total. The van der Waals surface area contributed by atoms with Gasteiger partial charge in [-0.1, -0.05) is 109 Å². The van der Waals surface area contributed by atoms with Gasteiger partial charge in [0, 0.05) is 0 Å². The van der Waals surface area contributed by atoms with E-state index in [1.165, 1.54) is 0 Å². The Balaban J connectivity index is 1.45. The van der Waals surface area contributed by atoms with Crippen LogP contribution >= 0.6 is 0 Å². The molecule has 2 saturated heterocycles. The third-order valence-electron chi connectivity index (χ3n) is 9.82. The zero-order valence-corrected chi connectivity index (χ0v) is 27.2. The monoisotopic (exact) mass is 584 g/mol. The summed E-state index contributed by atoms with van der Waals surface area (Å²) in [7, 11) is -0.816. The first-order chi connectivity index (χ1) is 20.8. The van der Waals surface area contributed by atoms with Gasteiger partial charge >= 0.3 is 14.2 Å². The van der Waals surface area contributed by atoms with Crippen molar-refractivity contribution in [1.29, 1.82) is 0 Å². The van der Waals surface area contributed by atoms with Crippen molar-refractivity contribution in [3.8, 4) is 0 Å². The minimum Gasteiger partial charge on any atom is -0.399 e. The van der Waals surface area contributed by atoms with E-state index in [1.807, 2.05) is 0 Å². The van der Waals surface area contributed by atoms with Crippen molar-refractivity contribution < 1.29 is 18.6 Å². The van der Waals surface area contributed by atoms with Gasteiger partial charge in [-0.3, -0.25) is 0 Å². The van der Waals surface area contributed by atoms with E-state index in [-0.39, 0.29) is 0 Å². The lowest BCUT2D eigenvalue weighted by atomic mass is 9.76. The smallest absolute Gasteiger partial charge is 0.399 e. The Bertz CT molecular complexity index is 1480. The van der Waals surface area contributed by atoms with Crippen molar-refractivity contribution >= 4 is 36.3 Å². The Morgan fingerprint density at radius 1 is 0.364 bits per heavy atom. The molecule has 2 aliphatic rings. The summed E-state index contributed by atoms with van der Waals surface area (Å²) in [5.41, 5.74) is 7.28. The highest BCUT2D eigenvalue weighted by Gasteiger charge is 2.52. The normalized spacial score (nSPS) is 20.5. The molecule has 0 spiro atoms. The quantitative estimate of drug-likeness (QED) is 0.176. The first-order valence-corrected chi connectivity index (χ1v) is 15.6. The van der Waals surface area contributed by atoms with Crippen LogP contribution in [-0.4, -0.2) is 36.6 Å². The molecule has 6 rings (SSSR count). The van der Waals surface area contributed by atoms with Gasteiger partial charge in [0.05, 0.1) is 22.4 Å². The highest BCUT2D eigenvalue weighted by Crippen LogP contribution is 2.39. The van der Waals surface area contributed by atoms with E-state index in [0.29, 0.717) is 0 Å². The summed E-state index contributed by atoms with van der Waals surface area (Å²) in [6.07, 6.45) is 0. The van der Waals surface area contributed by atoms with Crippen molar-refractivity contribution in [2.45, 2.75) is 77.8 Å². The second-order valence-electron chi connectivity index (χ2n) is 13.9. The largest absolute Gasteiger partial charge is 0.494 e. The van der Waals surface area contributed by atoms with Crippen LogP contribution in [0.4, 0.5) is 0 Å². The van der Waals surface area contributed by atoms with Gasteiger partial charge in [0.2, 0.25) is 0 Å². The zero-order valence-electron chi connectivity index (χ0n) is 27.2. The van der Waals surface area contributed by atoms with E-state index in [0.717, 1.165) is 44.3 Å². The van der Waals surface area contributed by atoms with Gasteiger partial charge < -0.3 is 18.6 Å². The lowest BCUT2D eigenvalue weighted by Crippen LogP contribution is -2.41. The third-order valence-corrected chi connectivity index (χ3v) is 9.82. The van der Waals surface area contributed by atoms with E-state index < -0.39 is 36.6 Å². The van der Waals surface area contributed by atoms with E-state index >= 15 is 0 Å². The molecular weight excluding hydrogens is 542 g/mol. The predicted molar refractivity (Wildman–Crippen MR) is 182 cm³/mol. The van der Waals surface area contributed by atoms with Crippen molar-refractivity contribution in [3.63, 3.8) is 0 Å². The molecule has 224 valence electrons. The van der Waals surface area contributed by atoms with Gasteiger partial charge in [-0.2, -0.15) is 0 Å². The Morgan fingerprint density at radius 3 is 0.886 bits per heavy atom. The predicted octanol–water partition coefficient (Wildman–Crippen LogP) is 7.29. The molecule has 2 fully saturated rings.